The number of sulfone groups is 1. The minimum atomic E-state index is -3.58. The minimum Gasteiger partial charge on any atom is -0.481 e. The van der Waals surface area contributed by atoms with Gasteiger partial charge in [-0.15, -0.1) is 0 Å². The van der Waals surface area contributed by atoms with Crippen molar-refractivity contribution in [1.29, 1.82) is 0 Å². The lowest BCUT2D eigenvalue weighted by Gasteiger charge is -2.23. The summed E-state index contributed by atoms with van der Waals surface area (Å²) in [6.45, 7) is 10.9. The van der Waals surface area contributed by atoms with Gasteiger partial charge in [-0.1, -0.05) is 113 Å². The lowest BCUT2D eigenvalue weighted by Crippen LogP contribution is -2.27. The minimum absolute atomic E-state index is 0.0166. The third-order valence-corrected chi connectivity index (χ3v) is 11.7. The second-order valence-electron chi connectivity index (χ2n) is 17.3. The summed E-state index contributed by atoms with van der Waals surface area (Å²) in [5.41, 5.74) is -1.13. The van der Waals surface area contributed by atoms with Gasteiger partial charge >= 0.3 is 17.9 Å². The molecule has 2 aliphatic carbocycles. The van der Waals surface area contributed by atoms with Crippen LogP contribution in [0.3, 0.4) is 0 Å². The summed E-state index contributed by atoms with van der Waals surface area (Å²) < 4.78 is 41.5. The molecule has 0 saturated heterocycles. The first kappa shape index (κ1) is 45.1. The number of esters is 2. The van der Waals surface area contributed by atoms with E-state index in [4.69, 9.17) is 14.0 Å². The molecule has 1 aromatic heterocycles. The molecule has 2 atom stereocenters. The summed E-state index contributed by atoms with van der Waals surface area (Å²) in [4.78, 5) is 40.1. The first-order valence-electron chi connectivity index (χ1n) is 20.2. The Kier molecular flexibility index (Phi) is 18.1. The van der Waals surface area contributed by atoms with Crippen LogP contribution in [0, 0.1) is 17.8 Å². The number of carbonyl (C=O) groups excluding carboxylic acids is 2. The predicted molar refractivity (Wildman–Crippen MR) is 207 cm³/mol. The molecule has 0 spiro atoms. The maximum atomic E-state index is 12.7. The highest BCUT2D eigenvalue weighted by Gasteiger charge is 2.28. The van der Waals surface area contributed by atoms with Crippen LogP contribution in [0.15, 0.2) is 39.8 Å². The molecule has 54 heavy (non-hydrogen) atoms. The molecule has 1 aromatic carbocycles. The van der Waals surface area contributed by atoms with E-state index in [1.165, 1.54) is 64.2 Å². The second kappa shape index (κ2) is 21.7. The summed E-state index contributed by atoms with van der Waals surface area (Å²) in [6.07, 6.45) is 18.5. The van der Waals surface area contributed by atoms with Crippen molar-refractivity contribution in [1.82, 2.24) is 10.1 Å². The van der Waals surface area contributed by atoms with Crippen LogP contribution < -0.4 is 0 Å². The number of aromatic nitrogens is 2. The van der Waals surface area contributed by atoms with Crippen LogP contribution in [0.25, 0.3) is 0 Å². The van der Waals surface area contributed by atoms with Crippen molar-refractivity contribution in [3.8, 4) is 0 Å². The molecule has 4 rings (SSSR count). The van der Waals surface area contributed by atoms with Gasteiger partial charge in [-0.3, -0.25) is 14.4 Å². The molecule has 2 saturated carbocycles. The number of benzene rings is 1. The van der Waals surface area contributed by atoms with E-state index >= 15 is 0 Å². The van der Waals surface area contributed by atoms with Crippen molar-refractivity contribution in [2.75, 3.05) is 0 Å². The largest absolute Gasteiger partial charge is 0.481 e. The SMILES string of the molecule is CC(C)(C)OC(=O)C[C@@H](CCCC1CCCCC1)C(=O)O.CC(C)(C)OC(=O)C[C@@H](CCCC1CCCCC1)c1nc(CS(=O)(=O)c2ccccc2)no1. The first-order chi connectivity index (χ1) is 25.4. The van der Waals surface area contributed by atoms with Crippen LogP contribution in [0.5, 0.6) is 0 Å². The third-order valence-electron chi connectivity index (χ3n) is 10.0. The van der Waals surface area contributed by atoms with Crippen LogP contribution in [-0.2, 0) is 39.4 Å². The van der Waals surface area contributed by atoms with Gasteiger partial charge < -0.3 is 19.1 Å². The molecular weight excluding hydrogens is 709 g/mol. The van der Waals surface area contributed by atoms with Crippen molar-refractivity contribution in [2.45, 2.75) is 185 Å². The van der Waals surface area contributed by atoms with E-state index in [9.17, 15) is 27.9 Å². The van der Waals surface area contributed by atoms with Crippen molar-refractivity contribution in [3.63, 3.8) is 0 Å². The van der Waals surface area contributed by atoms with Gasteiger partial charge in [0.25, 0.3) is 0 Å². The standard InChI is InChI=1S/C25H36N2O5S.C17H30O4/c1-25(2,3)31-23(28)17-20(14-10-13-19-11-6-4-7-12-19)24-26-22(27-32-24)18-33(29,30)21-15-8-5-9-16-21;1-17(2,3)21-15(18)12-14(16(19)20)11-7-10-13-8-5-4-6-9-13/h5,8-9,15-16,19-20H,4,6-7,10-14,17-18H2,1-3H3;13-14H,4-12H2,1-3H3,(H,19,20)/t20-;14-/m11/s1. The van der Waals surface area contributed by atoms with Crippen molar-refractivity contribution in [2.24, 2.45) is 17.8 Å². The van der Waals surface area contributed by atoms with Gasteiger partial charge in [0.2, 0.25) is 5.89 Å². The van der Waals surface area contributed by atoms with E-state index in [1.54, 1.807) is 51.1 Å². The van der Waals surface area contributed by atoms with Gasteiger partial charge in [0, 0.05) is 5.92 Å². The van der Waals surface area contributed by atoms with E-state index in [0.717, 1.165) is 43.9 Å². The fourth-order valence-corrected chi connectivity index (χ4v) is 8.62. The van der Waals surface area contributed by atoms with E-state index in [2.05, 4.69) is 10.1 Å². The Morgan fingerprint density at radius 3 is 1.78 bits per heavy atom. The van der Waals surface area contributed by atoms with Crippen molar-refractivity contribution < 1.29 is 41.9 Å². The normalized spacial score (nSPS) is 17.1. The molecule has 0 bridgehead atoms. The Balaban J connectivity index is 0.000000322. The molecule has 2 fully saturated rings. The number of aliphatic carboxylic acids is 1. The van der Waals surface area contributed by atoms with E-state index in [1.807, 2.05) is 20.8 Å². The molecule has 12 heteroatoms. The van der Waals surface area contributed by atoms with E-state index in [0.29, 0.717) is 12.3 Å². The number of ether oxygens (including phenoxy) is 2. The lowest BCUT2D eigenvalue weighted by molar-refractivity contribution is -0.160. The zero-order valence-corrected chi connectivity index (χ0v) is 34.5. The Bertz CT molecular complexity index is 1530. The van der Waals surface area contributed by atoms with Gasteiger partial charge in [0.1, 0.15) is 17.0 Å². The number of rotatable bonds is 17. The van der Waals surface area contributed by atoms with E-state index < -0.39 is 38.9 Å². The summed E-state index contributed by atoms with van der Waals surface area (Å²) in [6, 6.07) is 8.22. The van der Waals surface area contributed by atoms with Gasteiger partial charge in [0.15, 0.2) is 15.7 Å². The highest BCUT2D eigenvalue weighted by atomic mass is 32.2. The smallest absolute Gasteiger partial charge is 0.307 e. The molecule has 304 valence electrons. The summed E-state index contributed by atoms with van der Waals surface area (Å²) in [5.74, 6) is -0.934. The van der Waals surface area contributed by atoms with Crippen molar-refractivity contribution >= 4 is 27.7 Å². The molecule has 11 nitrogen and oxygen atoms in total. The molecule has 0 radical (unpaired) electrons. The number of carbonyl (C=O) groups is 3. The molecule has 1 heterocycles. The fourth-order valence-electron chi connectivity index (χ4n) is 7.42. The second-order valence-corrected chi connectivity index (χ2v) is 19.3. The molecule has 2 aliphatic rings. The highest BCUT2D eigenvalue weighted by Crippen LogP contribution is 2.32. The summed E-state index contributed by atoms with van der Waals surface area (Å²) >= 11 is 0. The Hall–Kier alpha value is -3.28. The number of carboxylic acid groups (broad SMARTS) is 1. The van der Waals surface area contributed by atoms with Gasteiger partial charge in [-0.25, -0.2) is 8.42 Å². The lowest BCUT2D eigenvalue weighted by atomic mass is 9.84. The molecule has 0 unspecified atom stereocenters. The summed E-state index contributed by atoms with van der Waals surface area (Å²) in [7, 11) is -3.58. The molecular formula is C42H66N2O9S. The molecule has 0 aliphatic heterocycles. The molecule has 0 amide bonds. The fraction of sp³-hybridized carbons (Fsp3) is 0.738. The summed E-state index contributed by atoms with van der Waals surface area (Å²) in [5, 5.41) is 13.2. The predicted octanol–water partition coefficient (Wildman–Crippen LogP) is 9.78. The third kappa shape index (κ3) is 17.9. The van der Waals surface area contributed by atoms with Crippen LogP contribution in [0.4, 0.5) is 0 Å². The number of hydrogen-bond donors (Lipinski definition) is 1. The van der Waals surface area contributed by atoms with Gasteiger partial charge in [-0.05, 0) is 78.4 Å². The number of hydrogen-bond acceptors (Lipinski definition) is 10. The highest BCUT2D eigenvalue weighted by molar-refractivity contribution is 7.90. The number of nitrogens with zero attached hydrogens (tertiary/aromatic N) is 2. The van der Waals surface area contributed by atoms with Crippen LogP contribution in [0.1, 0.15) is 175 Å². The van der Waals surface area contributed by atoms with Crippen LogP contribution in [0.2, 0.25) is 0 Å². The van der Waals surface area contributed by atoms with Gasteiger partial charge in [0.05, 0.1) is 23.7 Å². The van der Waals surface area contributed by atoms with Crippen LogP contribution in [-0.4, -0.2) is 52.8 Å². The maximum Gasteiger partial charge on any atom is 0.307 e. The average Bonchev–Trinajstić information content (AvgIpc) is 3.55. The monoisotopic (exact) mass is 774 g/mol. The van der Waals surface area contributed by atoms with Crippen molar-refractivity contribution in [3.05, 3.63) is 42.0 Å². The Morgan fingerprint density at radius 1 is 0.778 bits per heavy atom. The Morgan fingerprint density at radius 2 is 1.28 bits per heavy atom. The quantitative estimate of drug-likeness (QED) is 0.152. The Labute approximate surface area is 323 Å². The maximum absolute atomic E-state index is 12.7. The molecule has 2 aromatic rings. The topological polar surface area (TPSA) is 163 Å². The zero-order valence-electron chi connectivity index (χ0n) is 33.6. The van der Waals surface area contributed by atoms with Gasteiger partial charge in [-0.2, -0.15) is 4.98 Å². The van der Waals surface area contributed by atoms with E-state index in [-0.39, 0.29) is 41.2 Å². The zero-order chi connectivity index (χ0) is 39.8. The molecule has 1 N–H and O–H groups in total. The number of carboxylic acids is 1. The van der Waals surface area contributed by atoms with Crippen LogP contribution >= 0.6 is 0 Å². The first-order valence-corrected chi connectivity index (χ1v) is 21.8. The average molecular weight is 775 g/mol.